The van der Waals surface area contributed by atoms with Crippen molar-refractivity contribution < 1.29 is 0 Å². The van der Waals surface area contributed by atoms with Crippen LogP contribution in [0.1, 0.15) is 31.9 Å². The van der Waals surface area contributed by atoms with Crippen LogP contribution in [0.25, 0.3) is 0 Å². The molecule has 3 N–H and O–H groups in total. The minimum Gasteiger partial charge on any atom is -0.384 e. The van der Waals surface area contributed by atoms with Crippen LogP contribution in [0.5, 0.6) is 0 Å². The maximum atomic E-state index is 7.77. The smallest absolute Gasteiger partial charge is 0.124 e. The summed E-state index contributed by atoms with van der Waals surface area (Å²) < 4.78 is 0. The second-order valence-electron chi connectivity index (χ2n) is 6.53. The summed E-state index contributed by atoms with van der Waals surface area (Å²) in [5.74, 6) is 0.155. The predicted molar refractivity (Wildman–Crippen MR) is 85.7 cm³/mol. The van der Waals surface area contributed by atoms with Crippen LogP contribution >= 0.6 is 0 Å². The molecule has 0 aromatic heterocycles. The summed E-state index contributed by atoms with van der Waals surface area (Å²) >= 11 is 0. The van der Waals surface area contributed by atoms with Crippen molar-refractivity contribution in [2.45, 2.75) is 33.2 Å². The topological polar surface area (TPSA) is 56.4 Å². The number of nitrogens with one attached hydrogen (secondary N) is 1. The van der Waals surface area contributed by atoms with Gasteiger partial charge in [0.25, 0.3) is 0 Å². The van der Waals surface area contributed by atoms with Gasteiger partial charge in [0.2, 0.25) is 0 Å². The summed E-state index contributed by atoms with van der Waals surface area (Å²) in [5.41, 5.74) is 9.14. The zero-order chi connectivity index (χ0) is 14.9. The Hall–Kier alpha value is -1.55. The Bertz CT molecular complexity index is 494. The highest BCUT2D eigenvalue weighted by Gasteiger charge is 2.27. The molecule has 1 saturated heterocycles. The molecule has 20 heavy (non-hydrogen) atoms. The van der Waals surface area contributed by atoms with Gasteiger partial charge in [0.1, 0.15) is 5.84 Å². The molecule has 2 rings (SSSR count). The lowest BCUT2D eigenvalue weighted by Crippen LogP contribution is -2.53. The van der Waals surface area contributed by atoms with Crippen molar-refractivity contribution in [3.63, 3.8) is 0 Å². The number of nitrogens with zero attached hydrogens (tertiary/aromatic N) is 2. The fraction of sp³-hybridized carbons (Fsp3) is 0.562. The molecule has 0 radical (unpaired) electrons. The molecule has 4 heteroatoms. The third kappa shape index (κ3) is 2.96. The maximum Gasteiger partial charge on any atom is 0.124 e. The van der Waals surface area contributed by atoms with Gasteiger partial charge in [0.05, 0.1) is 5.69 Å². The Morgan fingerprint density at radius 3 is 2.25 bits per heavy atom. The standard InChI is InChI=1S/C16H26N4/c1-12-6-5-7-13(15(17)18)14(12)19-8-10-20(11-9-19)16(2,3)4/h5-7H,8-11H2,1-4H3,(H3,17,18). The van der Waals surface area contributed by atoms with Crippen molar-refractivity contribution in [1.29, 1.82) is 5.41 Å². The van der Waals surface area contributed by atoms with E-state index in [9.17, 15) is 0 Å². The molecule has 0 unspecified atom stereocenters. The van der Waals surface area contributed by atoms with Crippen LogP contribution in [-0.4, -0.2) is 42.5 Å². The van der Waals surface area contributed by atoms with Crippen molar-refractivity contribution in [3.05, 3.63) is 29.3 Å². The largest absolute Gasteiger partial charge is 0.384 e. The number of hydrogen-bond donors (Lipinski definition) is 2. The van der Waals surface area contributed by atoms with Crippen molar-refractivity contribution in [2.24, 2.45) is 5.73 Å². The van der Waals surface area contributed by atoms with Gasteiger partial charge >= 0.3 is 0 Å². The molecule has 1 fully saturated rings. The lowest BCUT2D eigenvalue weighted by molar-refractivity contribution is 0.128. The van der Waals surface area contributed by atoms with E-state index in [1.165, 1.54) is 5.56 Å². The monoisotopic (exact) mass is 274 g/mol. The molecule has 1 aromatic rings. The zero-order valence-corrected chi connectivity index (χ0v) is 13.0. The molecule has 1 aliphatic heterocycles. The van der Waals surface area contributed by atoms with Crippen LogP contribution in [0, 0.1) is 12.3 Å². The van der Waals surface area contributed by atoms with Crippen molar-refractivity contribution in [2.75, 3.05) is 31.1 Å². The quantitative estimate of drug-likeness (QED) is 0.642. The van der Waals surface area contributed by atoms with E-state index in [0.717, 1.165) is 37.4 Å². The molecule has 0 amide bonds. The highest BCUT2D eigenvalue weighted by atomic mass is 15.3. The molecule has 0 bridgehead atoms. The average molecular weight is 274 g/mol. The summed E-state index contributed by atoms with van der Waals surface area (Å²) in [7, 11) is 0. The number of hydrogen-bond acceptors (Lipinski definition) is 3. The molecule has 4 nitrogen and oxygen atoms in total. The predicted octanol–water partition coefficient (Wildman–Crippen LogP) is 2.20. The molecule has 1 aromatic carbocycles. The first-order valence-corrected chi connectivity index (χ1v) is 7.24. The molecule has 1 aliphatic rings. The summed E-state index contributed by atoms with van der Waals surface area (Å²) in [5, 5.41) is 7.77. The minimum absolute atomic E-state index is 0.155. The lowest BCUT2D eigenvalue weighted by Gasteiger charge is -2.43. The number of para-hydroxylation sites is 1. The van der Waals surface area contributed by atoms with Crippen LogP contribution < -0.4 is 10.6 Å². The van der Waals surface area contributed by atoms with Crippen LogP contribution in [0.15, 0.2) is 18.2 Å². The molecule has 1 heterocycles. The number of amidine groups is 1. The summed E-state index contributed by atoms with van der Waals surface area (Å²) in [6, 6.07) is 6.01. The van der Waals surface area contributed by atoms with E-state index in [0.29, 0.717) is 0 Å². The van der Waals surface area contributed by atoms with Crippen molar-refractivity contribution >= 4 is 11.5 Å². The lowest BCUT2D eigenvalue weighted by atomic mass is 10.0. The van der Waals surface area contributed by atoms with Crippen LogP contribution in [-0.2, 0) is 0 Å². The Kier molecular flexibility index (Phi) is 4.04. The SMILES string of the molecule is Cc1cccc(C(=N)N)c1N1CCN(C(C)(C)C)CC1. The third-order valence-corrected chi connectivity index (χ3v) is 4.07. The van der Waals surface area contributed by atoms with Gasteiger partial charge in [0, 0.05) is 37.3 Å². The van der Waals surface area contributed by atoms with Crippen molar-refractivity contribution in [3.8, 4) is 0 Å². The van der Waals surface area contributed by atoms with E-state index < -0.39 is 0 Å². The Morgan fingerprint density at radius 1 is 1.15 bits per heavy atom. The summed E-state index contributed by atoms with van der Waals surface area (Å²) in [6.45, 7) is 13.0. The number of nitrogen functional groups attached to an aromatic ring is 1. The van der Waals surface area contributed by atoms with Gasteiger partial charge in [-0.1, -0.05) is 12.1 Å². The van der Waals surface area contributed by atoms with E-state index in [2.05, 4.69) is 43.6 Å². The summed E-state index contributed by atoms with van der Waals surface area (Å²) in [6.07, 6.45) is 0. The number of nitrogens with two attached hydrogens (primary N) is 1. The van der Waals surface area contributed by atoms with Crippen LogP contribution in [0.4, 0.5) is 5.69 Å². The number of aryl methyl sites for hydroxylation is 1. The maximum absolute atomic E-state index is 7.77. The number of benzene rings is 1. The van der Waals surface area contributed by atoms with Gasteiger partial charge in [-0.2, -0.15) is 0 Å². The Labute approximate surface area is 122 Å². The first-order chi connectivity index (χ1) is 9.30. The minimum atomic E-state index is 0.155. The number of rotatable bonds is 2. The fourth-order valence-electron chi connectivity index (χ4n) is 2.90. The molecule has 0 atom stereocenters. The van der Waals surface area contributed by atoms with Crippen LogP contribution in [0.2, 0.25) is 0 Å². The average Bonchev–Trinajstić information content (AvgIpc) is 2.37. The Balaban J connectivity index is 2.21. The summed E-state index contributed by atoms with van der Waals surface area (Å²) in [4.78, 5) is 4.88. The van der Waals surface area contributed by atoms with Gasteiger partial charge in [-0.05, 0) is 39.3 Å². The highest BCUT2D eigenvalue weighted by molar-refractivity contribution is 6.01. The van der Waals surface area contributed by atoms with E-state index in [1.807, 2.05) is 12.1 Å². The normalized spacial score (nSPS) is 17.3. The molecule has 0 aliphatic carbocycles. The van der Waals surface area contributed by atoms with E-state index in [4.69, 9.17) is 11.1 Å². The zero-order valence-electron chi connectivity index (χ0n) is 13.0. The second kappa shape index (κ2) is 5.44. The molecule has 110 valence electrons. The number of anilines is 1. The van der Waals surface area contributed by atoms with E-state index in [-0.39, 0.29) is 11.4 Å². The van der Waals surface area contributed by atoms with Gasteiger partial charge in [0.15, 0.2) is 0 Å². The van der Waals surface area contributed by atoms with Gasteiger partial charge in [-0.3, -0.25) is 10.3 Å². The van der Waals surface area contributed by atoms with Crippen LogP contribution in [0.3, 0.4) is 0 Å². The number of piperazine rings is 1. The fourth-order valence-corrected chi connectivity index (χ4v) is 2.90. The van der Waals surface area contributed by atoms with E-state index in [1.54, 1.807) is 0 Å². The first kappa shape index (κ1) is 14.9. The van der Waals surface area contributed by atoms with Gasteiger partial charge in [-0.25, -0.2) is 0 Å². The molecule has 0 spiro atoms. The van der Waals surface area contributed by atoms with Gasteiger partial charge in [-0.15, -0.1) is 0 Å². The highest BCUT2D eigenvalue weighted by Crippen LogP contribution is 2.27. The third-order valence-electron chi connectivity index (χ3n) is 4.07. The van der Waals surface area contributed by atoms with E-state index >= 15 is 0 Å². The first-order valence-electron chi connectivity index (χ1n) is 7.24. The molecular weight excluding hydrogens is 248 g/mol. The molecular formula is C16H26N4. The van der Waals surface area contributed by atoms with Crippen molar-refractivity contribution in [1.82, 2.24) is 4.90 Å². The molecule has 0 saturated carbocycles. The van der Waals surface area contributed by atoms with Gasteiger partial charge < -0.3 is 10.6 Å². The second-order valence-corrected chi connectivity index (χ2v) is 6.53. The Morgan fingerprint density at radius 2 is 1.75 bits per heavy atom.